The fourth-order valence-electron chi connectivity index (χ4n) is 4.01. The summed E-state index contributed by atoms with van der Waals surface area (Å²) in [5.41, 5.74) is 1.77. The third-order valence-electron chi connectivity index (χ3n) is 5.45. The first-order valence-electron chi connectivity index (χ1n) is 9.20. The van der Waals surface area contributed by atoms with Gasteiger partial charge in [0.1, 0.15) is 0 Å². The lowest BCUT2D eigenvalue weighted by atomic mass is 9.77. The Labute approximate surface area is 126 Å². The minimum Gasteiger partial charge on any atom is -0.303 e. The third kappa shape index (κ3) is 5.24. The summed E-state index contributed by atoms with van der Waals surface area (Å²) in [6.45, 7) is 8.85. The Balaban J connectivity index is 1.63. The summed E-state index contributed by atoms with van der Waals surface area (Å²) in [6.07, 6.45) is 16.7. The molecule has 1 heterocycles. The molecule has 1 saturated heterocycles. The maximum atomic E-state index is 2.65. The molecule has 0 amide bonds. The minimum atomic E-state index is 0.929. The van der Waals surface area contributed by atoms with Crippen LogP contribution in [0.2, 0.25) is 0 Å². The van der Waals surface area contributed by atoms with Crippen molar-refractivity contribution in [2.75, 3.05) is 19.6 Å². The van der Waals surface area contributed by atoms with E-state index < -0.39 is 0 Å². The molecule has 0 aromatic carbocycles. The summed E-state index contributed by atoms with van der Waals surface area (Å²) >= 11 is 0. The lowest BCUT2D eigenvalue weighted by Gasteiger charge is -2.29. The van der Waals surface area contributed by atoms with Gasteiger partial charge in [0.25, 0.3) is 0 Å². The van der Waals surface area contributed by atoms with E-state index >= 15 is 0 Å². The molecule has 2 aliphatic rings. The first-order chi connectivity index (χ1) is 9.79. The summed E-state index contributed by atoms with van der Waals surface area (Å²) in [5.74, 6) is 1.91. The topological polar surface area (TPSA) is 3.24 Å². The quantitative estimate of drug-likeness (QED) is 0.423. The van der Waals surface area contributed by atoms with Crippen LogP contribution < -0.4 is 0 Å². The molecule has 0 bridgehead atoms. The van der Waals surface area contributed by atoms with Crippen molar-refractivity contribution in [3.63, 3.8) is 0 Å². The van der Waals surface area contributed by atoms with Gasteiger partial charge in [-0.1, -0.05) is 44.8 Å². The van der Waals surface area contributed by atoms with Crippen molar-refractivity contribution in [2.45, 2.75) is 78.1 Å². The molecule has 0 spiro atoms. The molecular weight excluding hydrogens is 242 g/mol. The van der Waals surface area contributed by atoms with E-state index in [0.29, 0.717) is 0 Å². The standard InChI is InChI=1S/C19H35N/c1-3-4-5-10-19-12-11-18(16-17(19)2)9-8-15-20-13-6-7-14-20/h11,17,19H,3-10,12-16H2,1-2H3. The van der Waals surface area contributed by atoms with Crippen LogP contribution in [0.3, 0.4) is 0 Å². The molecule has 116 valence electrons. The minimum absolute atomic E-state index is 0.929. The van der Waals surface area contributed by atoms with Gasteiger partial charge < -0.3 is 4.90 Å². The van der Waals surface area contributed by atoms with Crippen LogP contribution in [0.1, 0.15) is 78.1 Å². The number of unbranched alkanes of at least 4 members (excludes halogenated alkanes) is 2. The van der Waals surface area contributed by atoms with Crippen LogP contribution in [0.5, 0.6) is 0 Å². The molecule has 0 aromatic heterocycles. The molecule has 0 radical (unpaired) electrons. The van der Waals surface area contributed by atoms with Gasteiger partial charge in [0.05, 0.1) is 0 Å². The molecule has 1 heteroatoms. The first-order valence-corrected chi connectivity index (χ1v) is 9.20. The van der Waals surface area contributed by atoms with Gasteiger partial charge in [0, 0.05) is 0 Å². The van der Waals surface area contributed by atoms with E-state index in [4.69, 9.17) is 0 Å². The SMILES string of the molecule is CCCCCC1CC=C(CCCN2CCCC2)CC1C. The fourth-order valence-corrected chi connectivity index (χ4v) is 4.01. The summed E-state index contributed by atoms with van der Waals surface area (Å²) in [6, 6.07) is 0. The van der Waals surface area contributed by atoms with E-state index in [1.165, 1.54) is 83.8 Å². The summed E-state index contributed by atoms with van der Waals surface area (Å²) in [4.78, 5) is 2.65. The largest absolute Gasteiger partial charge is 0.303 e. The lowest BCUT2D eigenvalue weighted by molar-refractivity contribution is 0.301. The van der Waals surface area contributed by atoms with Gasteiger partial charge in [0.2, 0.25) is 0 Å². The van der Waals surface area contributed by atoms with Crippen molar-refractivity contribution in [2.24, 2.45) is 11.8 Å². The van der Waals surface area contributed by atoms with E-state index in [0.717, 1.165) is 11.8 Å². The van der Waals surface area contributed by atoms with Crippen LogP contribution in [-0.4, -0.2) is 24.5 Å². The molecule has 20 heavy (non-hydrogen) atoms. The van der Waals surface area contributed by atoms with Gasteiger partial charge in [-0.25, -0.2) is 0 Å². The Bertz CT molecular complexity index is 288. The second-order valence-electron chi connectivity index (χ2n) is 7.19. The number of hydrogen-bond acceptors (Lipinski definition) is 1. The number of likely N-dealkylation sites (tertiary alicyclic amines) is 1. The van der Waals surface area contributed by atoms with Crippen molar-refractivity contribution < 1.29 is 0 Å². The van der Waals surface area contributed by atoms with Crippen molar-refractivity contribution in [3.05, 3.63) is 11.6 Å². The third-order valence-corrected chi connectivity index (χ3v) is 5.45. The molecule has 2 unspecified atom stereocenters. The van der Waals surface area contributed by atoms with E-state index in [2.05, 4.69) is 24.8 Å². The van der Waals surface area contributed by atoms with Crippen molar-refractivity contribution in [3.8, 4) is 0 Å². The van der Waals surface area contributed by atoms with E-state index in [-0.39, 0.29) is 0 Å². The van der Waals surface area contributed by atoms with E-state index in [9.17, 15) is 0 Å². The smallest absolute Gasteiger partial charge is 0.00157 e. The maximum absolute atomic E-state index is 2.65. The monoisotopic (exact) mass is 277 g/mol. The van der Waals surface area contributed by atoms with E-state index in [1.54, 1.807) is 5.57 Å². The highest BCUT2D eigenvalue weighted by Crippen LogP contribution is 2.34. The molecule has 1 aliphatic carbocycles. The van der Waals surface area contributed by atoms with Crippen LogP contribution in [0.25, 0.3) is 0 Å². The number of hydrogen-bond donors (Lipinski definition) is 0. The average Bonchev–Trinajstić information content (AvgIpc) is 2.95. The fraction of sp³-hybridized carbons (Fsp3) is 0.895. The molecule has 0 aromatic rings. The van der Waals surface area contributed by atoms with Gasteiger partial charge in [-0.15, -0.1) is 0 Å². The predicted molar refractivity (Wildman–Crippen MR) is 89.0 cm³/mol. The Kier molecular flexibility index (Phi) is 7.13. The van der Waals surface area contributed by atoms with Crippen LogP contribution in [0.15, 0.2) is 11.6 Å². The zero-order chi connectivity index (χ0) is 14.2. The molecule has 2 rings (SSSR count). The molecule has 1 fully saturated rings. The van der Waals surface area contributed by atoms with Crippen LogP contribution >= 0.6 is 0 Å². The van der Waals surface area contributed by atoms with Crippen molar-refractivity contribution in [1.82, 2.24) is 4.90 Å². The average molecular weight is 277 g/mol. The van der Waals surface area contributed by atoms with Crippen molar-refractivity contribution >= 4 is 0 Å². The van der Waals surface area contributed by atoms with Crippen molar-refractivity contribution in [1.29, 1.82) is 0 Å². The lowest BCUT2D eigenvalue weighted by Crippen LogP contribution is -2.21. The normalized spacial score (nSPS) is 27.8. The van der Waals surface area contributed by atoms with Gasteiger partial charge in [-0.3, -0.25) is 0 Å². The molecule has 0 saturated carbocycles. The van der Waals surface area contributed by atoms with Gasteiger partial charge in [0.15, 0.2) is 0 Å². The first kappa shape index (κ1) is 16.1. The second-order valence-corrected chi connectivity index (χ2v) is 7.19. The Morgan fingerprint density at radius 3 is 2.65 bits per heavy atom. The molecular formula is C19H35N. The van der Waals surface area contributed by atoms with Gasteiger partial charge in [-0.05, 0) is 76.4 Å². The molecule has 2 atom stereocenters. The number of rotatable bonds is 8. The molecule has 0 N–H and O–H groups in total. The van der Waals surface area contributed by atoms with E-state index in [1.807, 2.05) is 0 Å². The Morgan fingerprint density at radius 1 is 1.15 bits per heavy atom. The predicted octanol–water partition coefficient (Wildman–Crippen LogP) is 5.42. The maximum Gasteiger partial charge on any atom is -0.00157 e. The van der Waals surface area contributed by atoms with Gasteiger partial charge in [-0.2, -0.15) is 0 Å². The highest BCUT2D eigenvalue weighted by atomic mass is 15.1. The number of allylic oxidation sites excluding steroid dienone is 2. The summed E-state index contributed by atoms with van der Waals surface area (Å²) < 4.78 is 0. The summed E-state index contributed by atoms with van der Waals surface area (Å²) in [5, 5.41) is 0. The zero-order valence-corrected chi connectivity index (χ0v) is 13.9. The zero-order valence-electron chi connectivity index (χ0n) is 13.9. The van der Waals surface area contributed by atoms with Gasteiger partial charge >= 0.3 is 0 Å². The van der Waals surface area contributed by atoms with Crippen LogP contribution in [0, 0.1) is 11.8 Å². The Hall–Kier alpha value is -0.300. The summed E-state index contributed by atoms with van der Waals surface area (Å²) in [7, 11) is 0. The highest BCUT2D eigenvalue weighted by Gasteiger charge is 2.21. The molecule has 1 nitrogen and oxygen atoms in total. The Morgan fingerprint density at radius 2 is 1.95 bits per heavy atom. The second kappa shape index (κ2) is 8.87. The highest BCUT2D eigenvalue weighted by molar-refractivity contribution is 5.08. The molecule has 1 aliphatic heterocycles. The van der Waals surface area contributed by atoms with Crippen LogP contribution in [0.4, 0.5) is 0 Å². The number of nitrogens with zero attached hydrogens (tertiary/aromatic N) is 1. The van der Waals surface area contributed by atoms with Crippen LogP contribution in [-0.2, 0) is 0 Å².